The van der Waals surface area contributed by atoms with Gasteiger partial charge in [-0.1, -0.05) is 36.4 Å². The molecule has 2 heteroatoms. The van der Waals surface area contributed by atoms with Crippen LogP contribution in [0.2, 0.25) is 0 Å². The molecule has 0 fully saturated rings. The molecule has 0 amide bonds. The molecule has 0 saturated heterocycles. The molecule has 1 aromatic rings. The van der Waals surface area contributed by atoms with Crippen LogP contribution in [-0.2, 0) is 0 Å². The lowest BCUT2D eigenvalue weighted by Crippen LogP contribution is -2.17. The van der Waals surface area contributed by atoms with E-state index in [9.17, 15) is 0 Å². The summed E-state index contributed by atoms with van der Waals surface area (Å²) in [4.78, 5) is 0. The number of nitrogens with one attached hydrogen (secondary N) is 1. The van der Waals surface area contributed by atoms with Gasteiger partial charge in [0.25, 0.3) is 0 Å². The molecule has 1 nitrogen and oxygen atoms in total. The number of benzene rings is 1. The zero-order chi connectivity index (χ0) is 8.81. The van der Waals surface area contributed by atoms with Gasteiger partial charge in [-0.05, 0) is 12.5 Å². The van der Waals surface area contributed by atoms with E-state index >= 15 is 0 Å². The maximum atomic E-state index is 3.66. The molecule has 0 aliphatic rings. The van der Waals surface area contributed by atoms with Crippen molar-refractivity contribution in [1.29, 1.82) is 0 Å². The van der Waals surface area contributed by atoms with E-state index < -0.39 is 0 Å². The quantitative estimate of drug-likeness (QED) is 0.732. The van der Waals surface area contributed by atoms with Gasteiger partial charge < -0.3 is 5.32 Å². The van der Waals surface area contributed by atoms with E-state index in [-0.39, 0.29) is 12.4 Å². The zero-order valence-corrected chi connectivity index (χ0v) is 8.68. The molecule has 0 heterocycles. The second-order valence-electron chi connectivity index (χ2n) is 2.83. The third-order valence-corrected chi connectivity index (χ3v) is 1.87. The van der Waals surface area contributed by atoms with E-state index in [1.165, 1.54) is 5.56 Å². The van der Waals surface area contributed by atoms with Crippen LogP contribution in [0, 0.1) is 0 Å². The number of halogens is 1. The normalized spacial score (nSPS) is 11.5. The van der Waals surface area contributed by atoms with Crippen LogP contribution in [0.3, 0.4) is 0 Å². The molecule has 1 aromatic carbocycles. The highest BCUT2D eigenvalue weighted by Gasteiger charge is 2.00. The lowest BCUT2D eigenvalue weighted by molar-refractivity contribution is 0.618. The third kappa shape index (κ3) is 4.11. The van der Waals surface area contributed by atoms with Crippen molar-refractivity contribution in [3.8, 4) is 0 Å². The van der Waals surface area contributed by atoms with Crippen molar-refractivity contribution >= 4 is 12.4 Å². The molecule has 0 saturated carbocycles. The van der Waals surface area contributed by atoms with E-state index in [0.717, 1.165) is 6.54 Å². The van der Waals surface area contributed by atoms with Crippen LogP contribution in [0.25, 0.3) is 0 Å². The summed E-state index contributed by atoms with van der Waals surface area (Å²) in [6.45, 7) is 6.67. The molecule has 0 radical (unpaired) electrons. The first-order chi connectivity index (χ1) is 5.84. The molecule has 1 atom stereocenters. The Kier molecular flexibility index (Phi) is 6.29. The van der Waals surface area contributed by atoms with Crippen molar-refractivity contribution < 1.29 is 0 Å². The molecule has 0 bridgehead atoms. The summed E-state index contributed by atoms with van der Waals surface area (Å²) in [6.07, 6.45) is 1.87. The van der Waals surface area contributed by atoms with Gasteiger partial charge >= 0.3 is 0 Å². The summed E-state index contributed by atoms with van der Waals surface area (Å²) in [6, 6.07) is 10.8. The standard InChI is InChI=1S/C11H15N.ClH/c1-3-9-12-10(2)11-7-5-4-6-8-11;/h3-8,10,12H,1,9H2,2H3;1H/t10-;/m1./s1. The van der Waals surface area contributed by atoms with E-state index in [1.54, 1.807) is 0 Å². The van der Waals surface area contributed by atoms with Crippen LogP contribution in [0.4, 0.5) is 0 Å². The van der Waals surface area contributed by atoms with Crippen LogP contribution in [0.15, 0.2) is 43.0 Å². The van der Waals surface area contributed by atoms with Crippen LogP contribution < -0.4 is 5.32 Å². The van der Waals surface area contributed by atoms with Crippen molar-refractivity contribution in [3.05, 3.63) is 48.6 Å². The molecule has 1 rings (SSSR count). The molecule has 13 heavy (non-hydrogen) atoms. The maximum absolute atomic E-state index is 3.66. The van der Waals surface area contributed by atoms with Gasteiger partial charge in [0.1, 0.15) is 0 Å². The summed E-state index contributed by atoms with van der Waals surface area (Å²) < 4.78 is 0. The number of hydrogen-bond donors (Lipinski definition) is 1. The van der Waals surface area contributed by atoms with Crippen molar-refractivity contribution in [2.24, 2.45) is 0 Å². The summed E-state index contributed by atoms with van der Waals surface area (Å²) in [7, 11) is 0. The van der Waals surface area contributed by atoms with E-state index in [2.05, 4.69) is 43.1 Å². The average molecular weight is 198 g/mol. The minimum Gasteiger partial charge on any atom is -0.307 e. The lowest BCUT2D eigenvalue weighted by atomic mass is 10.1. The minimum absolute atomic E-state index is 0. The number of hydrogen-bond acceptors (Lipinski definition) is 1. The average Bonchev–Trinajstić information content (AvgIpc) is 2.15. The molecule has 1 N–H and O–H groups in total. The molecule has 0 aliphatic carbocycles. The highest BCUT2D eigenvalue weighted by Crippen LogP contribution is 2.10. The van der Waals surface area contributed by atoms with Gasteiger partial charge in [0.05, 0.1) is 0 Å². The molecule has 72 valence electrons. The SMILES string of the molecule is C=CCN[C@H](C)c1ccccc1.Cl. The van der Waals surface area contributed by atoms with Gasteiger partial charge in [-0.15, -0.1) is 19.0 Å². The highest BCUT2D eigenvalue weighted by atomic mass is 35.5. The minimum atomic E-state index is 0. The summed E-state index contributed by atoms with van der Waals surface area (Å²) in [5, 5.41) is 3.33. The van der Waals surface area contributed by atoms with Crippen LogP contribution >= 0.6 is 12.4 Å². The van der Waals surface area contributed by atoms with E-state index in [0.29, 0.717) is 6.04 Å². The Bertz CT molecular complexity index is 233. The first-order valence-corrected chi connectivity index (χ1v) is 4.24. The lowest BCUT2D eigenvalue weighted by Gasteiger charge is -2.11. The van der Waals surface area contributed by atoms with Gasteiger partial charge in [-0.3, -0.25) is 0 Å². The molecule has 0 unspecified atom stereocenters. The Hall–Kier alpha value is -0.790. The van der Waals surface area contributed by atoms with E-state index in [1.807, 2.05) is 12.1 Å². The van der Waals surface area contributed by atoms with Gasteiger partial charge in [-0.2, -0.15) is 0 Å². The van der Waals surface area contributed by atoms with Crippen molar-refractivity contribution in [1.82, 2.24) is 5.32 Å². The first-order valence-electron chi connectivity index (χ1n) is 4.24. The van der Waals surface area contributed by atoms with Crippen LogP contribution in [-0.4, -0.2) is 6.54 Å². The molecular weight excluding hydrogens is 182 g/mol. The zero-order valence-electron chi connectivity index (χ0n) is 7.86. The van der Waals surface area contributed by atoms with Crippen molar-refractivity contribution in [2.75, 3.05) is 6.54 Å². The fraction of sp³-hybridized carbons (Fsp3) is 0.273. The van der Waals surface area contributed by atoms with Gasteiger partial charge in [0, 0.05) is 12.6 Å². The van der Waals surface area contributed by atoms with Crippen LogP contribution in [0.1, 0.15) is 18.5 Å². The van der Waals surface area contributed by atoms with Gasteiger partial charge in [-0.25, -0.2) is 0 Å². The van der Waals surface area contributed by atoms with Crippen molar-refractivity contribution in [2.45, 2.75) is 13.0 Å². The fourth-order valence-corrected chi connectivity index (χ4v) is 1.12. The van der Waals surface area contributed by atoms with Crippen LogP contribution in [0.5, 0.6) is 0 Å². The second-order valence-corrected chi connectivity index (χ2v) is 2.83. The Morgan fingerprint density at radius 1 is 1.38 bits per heavy atom. The first kappa shape index (κ1) is 12.2. The number of rotatable bonds is 4. The maximum Gasteiger partial charge on any atom is 0.0294 e. The Labute approximate surface area is 86.3 Å². The molecule has 0 aromatic heterocycles. The Morgan fingerprint density at radius 2 is 2.00 bits per heavy atom. The Morgan fingerprint density at radius 3 is 2.54 bits per heavy atom. The monoisotopic (exact) mass is 197 g/mol. The topological polar surface area (TPSA) is 12.0 Å². The summed E-state index contributed by atoms with van der Waals surface area (Å²) >= 11 is 0. The van der Waals surface area contributed by atoms with E-state index in [4.69, 9.17) is 0 Å². The largest absolute Gasteiger partial charge is 0.307 e. The molecule has 0 spiro atoms. The van der Waals surface area contributed by atoms with Gasteiger partial charge in [0.2, 0.25) is 0 Å². The molecule has 0 aliphatic heterocycles. The van der Waals surface area contributed by atoms with Crippen molar-refractivity contribution in [3.63, 3.8) is 0 Å². The van der Waals surface area contributed by atoms with Gasteiger partial charge in [0.15, 0.2) is 0 Å². The smallest absolute Gasteiger partial charge is 0.0294 e. The predicted molar refractivity (Wildman–Crippen MR) is 60.3 cm³/mol. The highest BCUT2D eigenvalue weighted by molar-refractivity contribution is 5.85. The molecular formula is C11H16ClN. The summed E-state index contributed by atoms with van der Waals surface area (Å²) in [5.74, 6) is 0. The second kappa shape index (κ2) is 6.70. The fourth-order valence-electron chi connectivity index (χ4n) is 1.12. The predicted octanol–water partition coefficient (Wildman–Crippen LogP) is 2.95. The summed E-state index contributed by atoms with van der Waals surface area (Å²) in [5.41, 5.74) is 1.32. The third-order valence-electron chi connectivity index (χ3n) is 1.87. The Balaban J connectivity index is 0.00000144.